The van der Waals surface area contributed by atoms with Crippen LogP contribution < -0.4 is 4.72 Å². The highest BCUT2D eigenvalue weighted by atomic mass is 32.2. The largest absolute Gasteiger partial charge is 0.264 e. The minimum absolute atomic E-state index is 0.315. The second-order valence-corrected chi connectivity index (χ2v) is 7.87. The van der Waals surface area contributed by atoms with Crippen molar-refractivity contribution in [3.63, 3.8) is 0 Å². The maximum Gasteiger partial charge on any atom is 0.209 e. The Morgan fingerprint density at radius 1 is 0.885 bits per heavy atom. The lowest BCUT2D eigenvalue weighted by molar-refractivity contribution is 0.533. The highest BCUT2D eigenvalue weighted by Crippen LogP contribution is 2.37. The molecule has 0 aliphatic carbocycles. The van der Waals surface area contributed by atoms with Gasteiger partial charge in [-0.15, -0.1) is 0 Å². The fraction of sp³-hybridized carbons (Fsp3) is 0.150. The van der Waals surface area contributed by atoms with Gasteiger partial charge in [0.2, 0.25) is 10.0 Å². The molecule has 0 fully saturated rings. The summed E-state index contributed by atoms with van der Waals surface area (Å²) in [4.78, 5) is 4.18. The lowest BCUT2D eigenvalue weighted by Gasteiger charge is -2.28. The van der Waals surface area contributed by atoms with Crippen molar-refractivity contribution < 1.29 is 12.8 Å². The summed E-state index contributed by atoms with van der Waals surface area (Å²) < 4.78 is 40.2. The molecule has 0 radical (unpaired) electrons. The molecule has 2 unspecified atom stereocenters. The standard InChI is InChI=1S/C20H19FN2O2S/c1-26(24,25)23-20(16-9-11-18(21)12-10-16)19(15-6-3-2-4-7-15)17-8-5-13-22-14-17/h2-14,19-20,23H,1H3. The first kappa shape index (κ1) is 18.2. The van der Waals surface area contributed by atoms with Crippen LogP contribution in [-0.4, -0.2) is 19.7 Å². The molecule has 2 aromatic carbocycles. The first-order valence-corrected chi connectivity index (χ1v) is 10.0. The molecule has 26 heavy (non-hydrogen) atoms. The Bertz CT molecular complexity index is 907. The number of aromatic nitrogens is 1. The predicted octanol–water partition coefficient (Wildman–Crippen LogP) is 3.64. The molecule has 3 aromatic rings. The molecule has 2 atom stereocenters. The van der Waals surface area contributed by atoms with E-state index >= 15 is 0 Å². The number of pyridine rings is 1. The van der Waals surface area contributed by atoms with E-state index < -0.39 is 16.1 Å². The quantitative estimate of drug-likeness (QED) is 0.721. The second-order valence-electron chi connectivity index (χ2n) is 6.09. The van der Waals surface area contributed by atoms with Crippen LogP contribution in [0.4, 0.5) is 4.39 Å². The molecule has 0 amide bonds. The van der Waals surface area contributed by atoms with Gasteiger partial charge in [0.25, 0.3) is 0 Å². The van der Waals surface area contributed by atoms with E-state index in [9.17, 15) is 12.8 Å². The van der Waals surface area contributed by atoms with Crippen molar-refractivity contribution in [3.05, 3.63) is 102 Å². The van der Waals surface area contributed by atoms with Crippen LogP contribution in [-0.2, 0) is 10.0 Å². The van der Waals surface area contributed by atoms with Gasteiger partial charge in [-0.05, 0) is 34.9 Å². The number of halogens is 1. The van der Waals surface area contributed by atoms with E-state index in [0.29, 0.717) is 5.56 Å². The van der Waals surface area contributed by atoms with Gasteiger partial charge in [0, 0.05) is 18.3 Å². The average molecular weight is 370 g/mol. The summed E-state index contributed by atoms with van der Waals surface area (Å²) in [6.07, 6.45) is 4.51. The summed E-state index contributed by atoms with van der Waals surface area (Å²) in [5.41, 5.74) is 2.48. The number of rotatable bonds is 6. The molecule has 1 aromatic heterocycles. The van der Waals surface area contributed by atoms with Gasteiger partial charge in [-0.3, -0.25) is 4.98 Å². The van der Waals surface area contributed by atoms with Gasteiger partial charge in [-0.25, -0.2) is 17.5 Å². The molecule has 1 N–H and O–H groups in total. The van der Waals surface area contributed by atoms with Gasteiger partial charge < -0.3 is 0 Å². The summed E-state index contributed by atoms with van der Waals surface area (Å²) in [5, 5.41) is 0. The topological polar surface area (TPSA) is 59.1 Å². The van der Waals surface area contributed by atoms with Crippen molar-refractivity contribution in [2.45, 2.75) is 12.0 Å². The van der Waals surface area contributed by atoms with Crippen LogP contribution in [0.2, 0.25) is 0 Å². The van der Waals surface area contributed by atoms with Gasteiger partial charge in [0.1, 0.15) is 5.82 Å². The van der Waals surface area contributed by atoms with Crippen LogP contribution in [0, 0.1) is 5.82 Å². The first-order valence-electron chi connectivity index (χ1n) is 8.12. The van der Waals surface area contributed by atoms with Crippen LogP contribution in [0.15, 0.2) is 79.1 Å². The summed E-state index contributed by atoms with van der Waals surface area (Å²) in [7, 11) is -3.51. The SMILES string of the molecule is CS(=O)(=O)NC(c1ccc(F)cc1)C(c1ccccc1)c1cccnc1. The zero-order chi connectivity index (χ0) is 18.6. The van der Waals surface area contributed by atoms with Crippen molar-refractivity contribution in [1.29, 1.82) is 0 Å². The first-order chi connectivity index (χ1) is 12.4. The van der Waals surface area contributed by atoms with Gasteiger partial charge in [0.05, 0.1) is 12.3 Å². The lowest BCUT2D eigenvalue weighted by atomic mass is 9.83. The predicted molar refractivity (Wildman–Crippen MR) is 99.6 cm³/mol. The van der Waals surface area contributed by atoms with E-state index in [-0.39, 0.29) is 11.7 Å². The molecule has 0 bridgehead atoms. The van der Waals surface area contributed by atoms with Crippen LogP contribution in [0.25, 0.3) is 0 Å². The maximum atomic E-state index is 13.4. The van der Waals surface area contributed by atoms with Crippen LogP contribution in [0.3, 0.4) is 0 Å². The molecule has 3 rings (SSSR count). The van der Waals surface area contributed by atoms with Gasteiger partial charge in [-0.1, -0.05) is 48.5 Å². The Hall–Kier alpha value is -2.57. The van der Waals surface area contributed by atoms with Gasteiger partial charge >= 0.3 is 0 Å². The molecular weight excluding hydrogens is 351 g/mol. The number of nitrogens with zero attached hydrogens (tertiary/aromatic N) is 1. The van der Waals surface area contributed by atoms with Crippen molar-refractivity contribution >= 4 is 10.0 Å². The van der Waals surface area contributed by atoms with Crippen LogP contribution >= 0.6 is 0 Å². The van der Waals surface area contributed by atoms with E-state index in [4.69, 9.17) is 0 Å². The molecule has 0 aliphatic rings. The minimum Gasteiger partial charge on any atom is -0.264 e. The number of sulfonamides is 1. The second kappa shape index (κ2) is 7.76. The highest BCUT2D eigenvalue weighted by Gasteiger charge is 2.29. The smallest absolute Gasteiger partial charge is 0.209 e. The van der Waals surface area contributed by atoms with E-state index in [0.717, 1.165) is 17.4 Å². The Morgan fingerprint density at radius 2 is 1.54 bits per heavy atom. The van der Waals surface area contributed by atoms with Crippen molar-refractivity contribution in [2.24, 2.45) is 0 Å². The molecule has 1 heterocycles. The fourth-order valence-corrected chi connectivity index (χ4v) is 3.76. The van der Waals surface area contributed by atoms with Crippen LogP contribution in [0.1, 0.15) is 28.7 Å². The summed E-state index contributed by atoms with van der Waals surface area (Å²) in [5.74, 6) is -0.686. The Kier molecular flexibility index (Phi) is 5.44. The molecule has 0 saturated heterocycles. The number of nitrogens with one attached hydrogen (secondary N) is 1. The van der Waals surface area contributed by atoms with E-state index in [1.165, 1.54) is 12.1 Å². The molecule has 4 nitrogen and oxygen atoms in total. The van der Waals surface area contributed by atoms with E-state index in [1.54, 1.807) is 24.5 Å². The van der Waals surface area contributed by atoms with Crippen molar-refractivity contribution in [3.8, 4) is 0 Å². The molecule has 6 heteroatoms. The molecule has 134 valence electrons. The molecule has 0 aliphatic heterocycles. The number of hydrogen-bond donors (Lipinski definition) is 1. The van der Waals surface area contributed by atoms with Crippen molar-refractivity contribution in [1.82, 2.24) is 9.71 Å². The fourth-order valence-electron chi connectivity index (χ4n) is 3.03. The average Bonchev–Trinajstić information content (AvgIpc) is 2.63. The maximum absolute atomic E-state index is 13.4. The third-order valence-corrected chi connectivity index (χ3v) is 4.79. The monoisotopic (exact) mass is 370 g/mol. The molecule has 0 spiro atoms. The normalized spacial score (nSPS) is 13.9. The summed E-state index contributed by atoms with van der Waals surface area (Å²) in [6.45, 7) is 0. The lowest BCUT2D eigenvalue weighted by Crippen LogP contribution is -2.32. The van der Waals surface area contributed by atoms with Gasteiger partial charge in [-0.2, -0.15) is 0 Å². The summed E-state index contributed by atoms with van der Waals surface area (Å²) >= 11 is 0. The summed E-state index contributed by atoms with van der Waals surface area (Å²) in [6, 6.07) is 18.6. The molecule has 0 saturated carbocycles. The number of hydrogen-bond acceptors (Lipinski definition) is 3. The molecular formula is C20H19FN2O2S. The zero-order valence-electron chi connectivity index (χ0n) is 14.2. The van der Waals surface area contributed by atoms with E-state index in [1.807, 2.05) is 42.5 Å². The highest BCUT2D eigenvalue weighted by molar-refractivity contribution is 7.88. The Morgan fingerprint density at radius 3 is 2.12 bits per heavy atom. The third kappa shape index (κ3) is 4.53. The Balaban J connectivity index is 2.16. The van der Waals surface area contributed by atoms with Gasteiger partial charge in [0.15, 0.2) is 0 Å². The third-order valence-electron chi connectivity index (χ3n) is 4.11. The Labute approximate surface area is 152 Å². The van der Waals surface area contributed by atoms with E-state index in [2.05, 4.69) is 9.71 Å². The van der Waals surface area contributed by atoms with Crippen molar-refractivity contribution in [2.75, 3.05) is 6.26 Å². The zero-order valence-corrected chi connectivity index (χ0v) is 15.0. The van der Waals surface area contributed by atoms with Crippen LogP contribution in [0.5, 0.6) is 0 Å². The minimum atomic E-state index is -3.51. The number of benzene rings is 2.